The number of rotatable bonds is 3. The van der Waals surface area contributed by atoms with Crippen LogP contribution in [0.2, 0.25) is 0 Å². The van der Waals surface area contributed by atoms with Gasteiger partial charge in [-0.3, -0.25) is 4.99 Å². The molecule has 5 unspecified atom stereocenters. The molecule has 3 N–H and O–H groups in total. The van der Waals surface area contributed by atoms with Gasteiger partial charge in [0.1, 0.15) is 0 Å². The van der Waals surface area contributed by atoms with Crippen molar-refractivity contribution in [3.8, 4) is 0 Å². The summed E-state index contributed by atoms with van der Waals surface area (Å²) < 4.78 is 5.99. The van der Waals surface area contributed by atoms with E-state index in [1.54, 1.807) is 0 Å². The van der Waals surface area contributed by atoms with Gasteiger partial charge in [-0.15, -0.1) is 0 Å². The van der Waals surface area contributed by atoms with Crippen molar-refractivity contribution in [2.45, 2.75) is 77.5 Å². The first kappa shape index (κ1) is 18.0. The normalized spacial score (nSPS) is 42.0. The lowest BCUT2D eigenvalue weighted by Crippen LogP contribution is -2.71. The SMILES string of the molecule is CN=C(NCC1(C)CCCCC1O)NC1C2CCCOC2C1(C)C. The molecule has 24 heavy (non-hydrogen) atoms. The minimum absolute atomic E-state index is 0.0541. The lowest BCUT2D eigenvalue weighted by Gasteiger charge is -2.60. The average Bonchev–Trinajstić information content (AvgIpc) is 2.58. The van der Waals surface area contributed by atoms with Gasteiger partial charge in [-0.05, 0) is 25.7 Å². The molecule has 1 saturated heterocycles. The predicted octanol–water partition coefficient (Wildman–Crippen LogP) is 2.30. The third-order valence-corrected chi connectivity index (χ3v) is 6.79. The standard InChI is InChI=1S/C19H35N3O2/c1-18(2)15(13-8-7-11-24-16(13)18)22-17(20-4)21-12-19(3)10-6-5-9-14(19)23/h13-16,23H,5-12H2,1-4H3,(H2,20,21,22). The molecule has 0 spiro atoms. The number of aliphatic hydroxyl groups excluding tert-OH is 1. The number of aliphatic imine (C=N–C) groups is 1. The molecule has 5 nitrogen and oxygen atoms in total. The summed E-state index contributed by atoms with van der Waals surface area (Å²) >= 11 is 0. The topological polar surface area (TPSA) is 65.9 Å². The van der Waals surface area contributed by atoms with Crippen molar-refractivity contribution in [2.75, 3.05) is 20.2 Å². The number of guanidine groups is 1. The van der Waals surface area contributed by atoms with Crippen molar-refractivity contribution in [1.29, 1.82) is 0 Å². The number of ether oxygens (including phenoxy) is 1. The molecule has 0 aromatic rings. The smallest absolute Gasteiger partial charge is 0.191 e. The van der Waals surface area contributed by atoms with E-state index in [0.29, 0.717) is 18.1 Å². The van der Waals surface area contributed by atoms with Gasteiger partial charge < -0.3 is 20.5 Å². The van der Waals surface area contributed by atoms with E-state index in [9.17, 15) is 5.11 Å². The minimum atomic E-state index is -0.215. The highest BCUT2D eigenvalue weighted by atomic mass is 16.5. The lowest BCUT2D eigenvalue weighted by molar-refractivity contribution is -0.188. The second-order valence-electron chi connectivity index (χ2n) is 8.88. The van der Waals surface area contributed by atoms with Gasteiger partial charge in [-0.2, -0.15) is 0 Å². The molecule has 0 bridgehead atoms. The molecule has 1 aliphatic heterocycles. The van der Waals surface area contributed by atoms with Gasteiger partial charge in [0.2, 0.25) is 0 Å². The van der Waals surface area contributed by atoms with E-state index in [-0.39, 0.29) is 16.9 Å². The maximum atomic E-state index is 10.4. The first-order valence-corrected chi connectivity index (χ1v) is 9.65. The van der Waals surface area contributed by atoms with Crippen molar-refractivity contribution in [2.24, 2.45) is 21.7 Å². The molecule has 1 heterocycles. The van der Waals surface area contributed by atoms with E-state index in [2.05, 4.69) is 36.4 Å². The Morgan fingerprint density at radius 1 is 1.21 bits per heavy atom. The molecule has 0 radical (unpaired) electrons. The summed E-state index contributed by atoms with van der Waals surface area (Å²) in [7, 11) is 1.83. The Balaban J connectivity index is 1.57. The summed E-state index contributed by atoms with van der Waals surface area (Å²) in [4.78, 5) is 4.43. The largest absolute Gasteiger partial charge is 0.392 e. The molecule has 2 aliphatic carbocycles. The first-order chi connectivity index (χ1) is 11.4. The fourth-order valence-corrected chi connectivity index (χ4v) is 5.03. The molecular weight excluding hydrogens is 302 g/mol. The van der Waals surface area contributed by atoms with E-state index in [0.717, 1.165) is 44.8 Å². The van der Waals surface area contributed by atoms with Gasteiger partial charge in [-0.25, -0.2) is 0 Å². The van der Waals surface area contributed by atoms with E-state index >= 15 is 0 Å². The van der Waals surface area contributed by atoms with Crippen molar-refractivity contribution in [3.63, 3.8) is 0 Å². The number of fused-ring (bicyclic) bond motifs is 1. The fourth-order valence-electron chi connectivity index (χ4n) is 5.03. The first-order valence-electron chi connectivity index (χ1n) is 9.65. The number of nitrogens with one attached hydrogen (secondary N) is 2. The van der Waals surface area contributed by atoms with Crippen LogP contribution in [0.15, 0.2) is 4.99 Å². The third kappa shape index (κ3) is 3.17. The highest BCUT2D eigenvalue weighted by Crippen LogP contribution is 2.51. The van der Waals surface area contributed by atoms with Crippen LogP contribution >= 0.6 is 0 Å². The Bertz CT molecular complexity index is 479. The van der Waals surface area contributed by atoms with Crippen LogP contribution in [-0.2, 0) is 4.74 Å². The van der Waals surface area contributed by atoms with Crippen LogP contribution in [0.5, 0.6) is 0 Å². The Hall–Kier alpha value is -0.810. The van der Waals surface area contributed by atoms with Gasteiger partial charge in [0.25, 0.3) is 0 Å². The summed E-state index contributed by atoms with van der Waals surface area (Å²) in [6, 6.07) is 0.401. The van der Waals surface area contributed by atoms with Crippen LogP contribution < -0.4 is 10.6 Å². The van der Waals surface area contributed by atoms with Crippen molar-refractivity contribution in [3.05, 3.63) is 0 Å². The molecule has 138 valence electrons. The number of hydrogen-bond acceptors (Lipinski definition) is 3. The highest BCUT2D eigenvalue weighted by molar-refractivity contribution is 5.80. The van der Waals surface area contributed by atoms with Gasteiger partial charge >= 0.3 is 0 Å². The van der Waals surface area contributed by atoms with Crippen molar-refractivity contribution >= 4 is 5.96 Å². The van der Waals surface area contributed by atoms with Gasteiger partial charge in [0, 0.05) is 43.0 Å². The molecule has 3 aliphatic rings. The quantitative estimate of drug-likeness (QED) is 0.546. The molecule has 0 aromatic carbocycles. The Kier molecular flexibility index (Phi) is 5.12. The van der Waals surface area contributed by atoms with Gasteiger partial charge in [-0.1, -0.05) is 33.6 Å². The zero-order valence-electron chi connectivity index (χ0n) is 15.8. The molecule has 0 amide bonds. The average molecular weight is 338 g/mol. The van der Waals surface area contributed by atoms with Gasteiger partial charge in [0.05, 0.1) is 12.2 Å². The van der Waals surface area contributed by atoms with E-state index in [1.165, 1.54) is 12.8 Å². The summed E-state index contributed by atoms with van der Waals surface area (Å²) in [5.41, 5.74) is 0.0818. The summed E-state index contributed by atoms with van der Waals surface area (Å²) in [6.45, 7) is 8.44. The predicted molar refractivity (Wildman–Crippen MR) is 97.1 cm³/mol. The van der Waals surface area contributed by atoms with Crippen molar-refractivity contribution < 1.29 is 9.84 Å². The second kappa shape index (κ2) is 6.83. The molecule has 2 saturated carbocycles. The summed E-state index contributed by atoms with van der Waals surface area (Å²) in [5, 5.41) is 17.5. The molecule has 0 aromatic heterocycles. The number of aliphatic hydroxyl groups is 1. The zero-order chi connectivity index (χ0) is 17.4. The number of nitrogens with zero attached hydrogens (tertiary/aromatic N) is 1. The van der Waals surface area contributed by atoms with E-state index in [1.807, 2.05) is 7.05 Å². The maximum Gasteiger partial charge on any atom is 0.191 e. The van der Waals surface area contributed by atoms with Gasteiger partial charge in [0.15, 0.2) is 5.96 Å². The van der Waals surface area contributed by atoms with Crippen LogP contribution in [0.25, 0.3) is 0 Å². The summed E-state index contributed by atoms with van der Waals surface area (Å²) in [5.74, 6) is 1.44. The minimum Gasteiger partial charge on any atom is -0.392 e. The highest BCUT2D eigenvalue weighted by Gasteiger charge is 2.58. The van der Waals surface area contributed by atoms with E-state index < -0.39 is 0 Å². The van der Waals surface area contributed by atoms with Crippen molar-refractivity contribution in [1.82, 2.24) is 10.6 Å². The van der Waals surface area contributed by atoms with Crippen LogP contribution in [0.1, 0.15) is 59.3 Å². The fraction of sp³-hybridized carbons (Fsp3) is 0.947. The Morgan fingerprint density at radius 3 is 2.71 bits per heavy atom. The van der Waals surface area contributed by atoms with E-state index in [4.69, 9.17) is 4.74 Å². The summed E-state index contributed by atoms with van der Waals surface area (Å²) in [6.07, 6.45) is 6.89. The lowest BCUT2D eigenvalue weighted by atomic mass is 9.55. The Morgan fingerprint density at radius 2 is 2.00 bits per heavy atom. The molecule has 3 fully saturated rings. The molecular formula is C19H35N3O2. The monoisotopic (exact) mass is 337 g/mol. The second-order valence-corrected chi connectivity index (χ2v) is 8.88. The van der Waals surface area contributed by atoms with Crippen LogP contribution in [0.4, 0.5) is 0 Å². The molecule has 3 rings (SSSR count). The molecule has 5 atom stereocenters. The maximum absolute atomic E-state index is 10.4. The van der Waals surface area contributed by atoms with Crippen LogP contribution in [0, 0.1) is 16.7 Å². The number of hydrogen-bond donors (Lipinski definition) is 3. The molecule has 5 heteroatoms. The van der Waals surface area contributed by atoms with Crippen LogP contribution in [-0.4, -0.2) is 49.5 Å². The third-order valence-electron chi connectivity index (χ3n) is 6.79. The van der Waals surface area contributed by atoms with Crippen LogP contribution in [0.3, 0.4) is 0 Å². The Labute approximate surface area is 146 Å². The zero-order valence-corrected chi connectivity index (χ0v) is 15.8.